The number of carbonyl (C=O) groups excluding carboxylic acids is 1. The van der Waals surface area contributed by atoms with Gasteiger partial charge in [-0.15, -0.1) is 0 Å². The van der Waals surface area contributed by atoms with Gasteiger partial charge in [0.2, 0.25) is 0 Å². The fourth-order valence-corrected chi connectivity index (χ4v) is 3.46. The van der Waals surface area contributed by atoms with E-state index in [0.29, 0.717) is 11.3 Å². The van der Waals surface area contributed by atoms with Crippen molar-refractivity contribution in [2.75, 3.05) is 5.32 Å². The van der Waals surface area contributed by atoms with Crippen molar-refractivity contribution in [1.29, 1.82) is 0 Å². The molecular formula is C25H19F2N3O2. The molecule has 0 amide bonds. The van der Waals surface area contributed by atoms with Crippen LogP contribution in [0.25, 0.3) is 11.3 Å². The number of nitrogens with zero attached hydrogens (tertiary/aromatic N) is 2. The highest BCUT2D eigenvalue weighted by Crippen LogP contribution is 2.28. The summed E-state index contributed by atoms with van der Waals surface area (Å²) in [5, 5.41) is 7.26. The Morgan fingerprint density at radius 1 is 0.938 bits per heavy atom. The van der Waals surface area contributed by atoms with Gasteiger partial charge in [0.05, 0.1) is 12.1 Å². The third-order valence-electron chi connectivity index (χ3n) is 4.86. The number of hydrogen-bond acceptors (Lipinski definition) is 4. The summed E-state index contributed by atoms with van der Waals surface area (Å²) in [6.07, 6.45) is 0. The molecule has 0 unspecified atom stereocenters. The fraction of sp³-hybridized carbons (Fsp3) is 0.0800. The van der Waals surface area contributed by atoms with Gasteiger partial charge >= 0.3 is 0 Å². The lowest BCUT2D eigenvalue weighted by atomic mass is 10.0. The first-order valence-corrected chi connectivity index (χ1v) is 9.91. The summed E-state index contributed by atoms with van der Waals surface area (Å²) in [6.45, 7) is 1.48. The molecule has 1 heterocycles. The lowest BCUT2D eigenvalue weighted by Crippen LogP contribution is -2.29. The Morgan fingerprint density at radius 2 is 1.53 bits per heavy atom. The fourth-order valence-electron chi connectivity index (χ4n) is 3.46. The molecule has 7 heteroatoms. The molecular weight excluding hydrogens is 412 g/mol. The van der Waals surface area contributed by atoms with Crippen molar-refractivity contribution in [2.24, 2.45) is 0 Å². The Bertz CT molecular complexity index is 1320. The van der Waals surface area contributed by atoms with E-state index in [4.69, 9.17) is 0 Å². The molecule has 4 aromatic rings. The van der Waals surface area contributed by atoms with Gasteiger partial charge in [-0.1, -0.05) is 60.7 Å². The second-order valence-corrected chi connectivity index (χ2v) is 7.25. The summed E-state index contributed by atoms with van der Waals surface area (Å²) in [5.41, 5.74) is 1.16. The largest absolute Gasteiger partial charge is 0.350 e. The lowest BCUT2D eigenvalue weighted by molar-refractivity contribution is 0.101. The van der Waals surface area contributed by atoms with Gasteiger partial charge in [0.1, 0.15) is 23.0 Å². The Hall–Kier alpha value is -4.13. The third kappa shape index (κ3) is 4.46. The summed E-state index contributed by atoms with van der Waals surface area (Å²) >= 11 is 0. The Labute approximate surface area is 183 Å². The maximum absolute atomic E-state index is 13.8. The molecule has 1 N–H and O–H groups in total. The van der Waals surface area contributed by atoms with Gasteiger partial charge in [-0.3, -0.25) is 9.59 Å². The van der Waals surface area contributed by atoms with Gasteiger partial charge in [-0.25, -0.2) is 13.5 Å². The van der Waals surface area contributed by atoms with E-state index in [9.17, 15) is 18.4 Å². The van der Waals surface area contributed by atoms with Crippen molar-refractivity contribution in [3.8, 4) is 11.3 Å². The van der Waals surface area contributed by atoms with Gasteiger partial charge in [-0.05, 0) is 24.6 Å². The maximum Gasteiger partial charge on any atom is 0.291 e. The molecule has 0 spiro atoms. The van der Waals surface area contributed by atoms with Crippen molar-refractivity contribution in [3.05, 3.63) is 112 Å². The van der Waals surface area contributed by atoms with Gasteiger partial charge in [0, 0.05) is 17.3 Å². The minimum absolute atomic E-state index is 0.0126. The van der Waals surface area contributed by atoms with Crippen LogP contribution in [0.15, 0.2) is 83.7 Å². The Morgan fingerprint density at radius 3 is 2.12 bits per heavy atom. The van der Waals surface area contributed by atoms with E-state index in [1.165, 1.54) is 11.6 Å². The van der Waals surface area contributed by atoms with Gasteiger partial charge in [0.15, 0.2) is 5.78 Å². The maximum atomic E-state index is 13.8. The average Bonchev–Trinajstić information content (AvgIpc) is 2.76. The topological polar surface area (TPSA) is 64.0 Å². The molecule has 0 atom stereocenters. The third-order valence-corrected chi connectivity index (χ3v) is 4.86. The molecule has 0 saturated heterocycles. The van der Waals surface area contributed by atoms with Crippen LogP contribution in [0.3, 0.4) is 0 Å². The summed E-state index contributed by atoms with van der Waals surface area (Å²) in [6, 6.07) is 21.0. The molecule has 4 rings (SSSR count). The second-order valence-electron chi connectivity index (χ2n) is 7.25. The lowest BCUT2D eigenvalue weighted by Gasteiger charge is -2.17. The van der Waals surface area contributed by atoms with Crippen LogP contribution in [0.1, 0.15) is 22.8 Å². The van der Waals surface area contributed by atoms with E-state index in [0.717, 1.165) is 23.8 Å². The van der Waals surface area contributed by atoms with E-state index in [2.05, 4.69) is 10.4 Å². The monoisotopic (exact) mass is 431 g/mol. The molecule has 32 heavy (non-hydrogen) atoms. The Kier molecular flexibility index (Phi) is 5.89. The molecule has 1 aromatic heterocycles. The zero-order valence-electron chi connectivity index (χ0n) is 17.2. The van der Waals surface area contributed by atoms with Crippen LogP contribution in [0.4, 0.5) is 20.2 Å². The molecule has 0 bridgehead atoms. The zero-order valence-corrected chi connectivity index (χ0v) is 17.2. The molecule has 0 saturated carbocycles. The summed E-state index contributed by atoms with van der Waals surface area (Å²) < 4.78 is 28.8. The number of nitrogens with one attached hydrogen (secondary N) is 1. The number of hydrogen-bond donors (Lipinski definition) is 1. The van der Waals surface area contributed by atoms with Crippen LogP contribution in [0, 0.1) is 11.6 Å². The van der Waals surface area contributed by atoms with Gasteiger partial charge < -0.3 is 5.32 Å². The van der Waals surface area contributed by atoms with Crippen molar-refractivity contribution in [3.63, 3.8) is 0 Å². The quantitative estimate of drug-likeness (QED) is 0.427. The second kappa shape index (κ2) is 8.93. The predicted molar refractivity (Wildman–Crippen MR) is 119 cm³/mol. The van der Waals surface area contributed by atoms with E-state index in [1.54, 1.807) is 24.3 Å². The smallest absolute Gasteiger partial charge is 0.291 e. The van der Waals surface area contributed by atoms with Crippen molar-refractivity contribution < 1.29 is 13.6 Å². The normalized spacial score (nSPS) is 10.7. The summed E-state index contributed by atoms with van der Waals surface area (Å²) in [4.78, 5) is 26.0. The molecule has 160 valence electrons. The zero-order chi connectivity index (χ0) is 22.7. The molecule has 0 aliphatic heterocycles. The van der Waals surface area contributed by atoms with Crippen molar-refractivity contribution >= 4 is 17.2 Å². The summed E-state index contributed by atoms with van der Waals surface area (Å²) in [5.74, 6) is -2.02. The molecule has 5 nitrogen and oxygen atoms in total. The van der Waals surface area contributed by atoms with Gasteiger partial charge in [0.25, 0.3) is 5.56 Å². The van der Waals surface area contributed by atoms with Crippen LogP contribution in [0.5, 0.6) is 0 Å². The van der Waals surface area contributed by atoms with Crippen LogP contribution < -0.4 is 10.9 Å². The number of halogens is 2. The number of ketones is 1. The number of benzene rings is 3. The highest BCUT2D eigenvalue weighted by molar-refractivity contribution is 6.05. The molecule has 0 aliphatic rings. The van der Waals surface area contributed by atoms with Crippen LogP contribution >= 0.6 is 0 Å². The predicted octanol–water partition coefficient (Wildman–Crippen LogP) is 5.18. The average molecular weight is 431 g/mol. The molecule has 3 aromatic carbocycles. The van der Waals surface area contributed by atoms with E-state index in [-0.39, 0.29) is 23.5 Å². The van der Waals surface area contributed by atoms with Crippen molar-refractivity contribution in [2.45, 2.75) is 13.5 Å². The first-order valence-electron chi connectivity index (χ1n) is 9.91. The number of anilines is 2. The molecule has 0 fully saturated rings. The molecule has 0 aliphatic carbocycles. The van der Waals surface area contributed by atoms with Crippen LogP contribution in [0.2, 0.25) is 0 Å². The van der Waals surface area contributed by atoms with Crippen molar-refractivity contribution in [1.82, 2.24) is 9.78 Å². The Balaban J connectivity index is 1.95. The van der Waals surface area contributed by atoms with E-state index in [1.807, 2.05) is 36.4 Å². The number of rotatable bonds is 6. The standard InChI is InChI=1S/C25H19F2N3O2/c1-16(31)22-23(18-10-6-3-7-11-18)29-30(15-17-8-4-2-5-9-17)25(32)24(22)28-21-13-19(26)12-20(27)14-21/h2-14,28H,15H2,1H3. The first-order chi connectivity index (χ1) is 15.4. The SMILES string of the molecule is CC(=O)c1c(-c2ccccc2)nn(Cc2ccccc2)c(=O)c1Nc1cc(F)cc(F)c1. The van der Waals surface area contributed by atoms with Gasteiger partial charge in [-0.2, -0.15) is 5.10 Å². The number of carbonyl (C=O) groups is 1. The van der Waals surface area contributed by atoms with Crippen LogP contribution in [-0.2, 0) is 6.54 Å². The minimum atomic E-state index is -0.807. The highest BCUT2D eigenvalue weighted by Gasteiger charge is 2.22. The first kappa shape index (κ1) is 21.1. The number of Topliss-reactive ketones (excluding diaryl/α,β-unsaturated/α-hetero) is 1. The van der Waals surface area contributed by atoms with Crippen LogP contribution in [-0.4, -0.2) is 15.6 Å². The highest BCUT2D eigenvalue weighted by atomic mass is 19.1. The summed E-state index contributed by atoms with van der Waals surface area (Å²) in [7, 11) is 0. The molecule has 0 radical (unpaired) electrons. The number of aromatic nitrogens is 2. The van der Waals surface area contributed by atoms with E-state index < -0.39 is 23.0 Å². The minimum Gasteiger partial charge on any atom is -0.350 e. The van der Waals surface area contributed by atoms with E-state index >= 15 is 0 Å².